The number of rotatable bonds is 8. The van der Waals surface area contributed by atoms with E-state index in [-0.39, 0.29) is 6.61 Å². The van der Waals surface area contributed by atoms with Gasteiger partial charge in [0.15, 0.2) is 0 Å². The highest BCUT2D eigenvalue weighted by Crippen LogP contribution is 2.33. The molecule has 4 heterocycles. The van der Waals surface area contributed by atoms with Gasteiger partial charge in [0.05, 0.1) is 42.2 Å². The van der Waals surface area contributed by atoms with E-state index in [2.05, 4.69) is 54.3 Å². The van der Waals surface area contributed by atoms with Gasteiger partial charge in [-0.25, -0.2) is 9.78 Å². The number of amides is 1. The van der Waals surface area contributed by atoms with Crippen LogP contribution in [0.25, 0.3) is 33.4 Å². The van der Waals surface area contributed by atoms with Crippen molar-refractivity contribution < 1.29 is 14.3 Å². The largest absolute Gasteiger partial charge is 0.450 e. The lowest BCUT2D eigenvalue weighted by Crippen LogP contribution is -2.35. The molecule has 1 aliphatic heterocycles. The lowest BCUT2D eigenvalue weighted by Gasteiger charge is -2.26. The third-order valence-electron chi connectivity index (χ3n) is 6.33. The Hall–Kier alpha value is -3.86. The second kappa shape index (κ2) is 11.7. The van der Waals surface area contributed by atoms with Crippen LogP contribution in [0.4, 0.5) is 10.7 Å². The van der Waals surface area contributed by atoms with Crippen LogP contribution in [0.2, 0.25) is 0 Å². The molecule has 1 saturated heterocycles. The van der Waals surface area contributed by atoms with Crippen molar-refractivity contribution in [3.63, 3.8) is 0 Å². The van der Waals surface area contributed by atoms with Gasteiger partial charge in [0, 0.05) is 49.7 Å². The van der Waals surface area contributed by atoms with E-state index >= 15 is 0 Å². The summed E-state index contributed by atoms with van der Waals surface area (Å²) < 4.78 is 10.5. The molecule has 198 valence electrons. The van der Waals surface area contributed by atoms with Crippen molar-refractivity contribution in [3.05, 3.63) is 60.0 Å². The number of carbonyl (C=O) groups is 1. The molecule has 0 bridgehead atoms. The first-order chi connectivity index (χ1) is 18.5. The summed E-state index contributed by atoms with van der Waals surface area (Å²) in [6, 6.07) is 12.4. The number of aromatic amines is 1. The van der Waals surface area contributed by atoms with Crippen LogP contribution in [-0.2, 0) is 22.6 Å². The summed E-state index contributed by atoms with van der Waals surface area (Å²) in [6.45, 7) is 7.01. The van der Waals surface area contributed by atoms with Crippen molar-refractivity contribution >= 4 is 23.1 Å². The molecule has 0 unspecified atom stereocenters. The zero-order chi connectivity index (χ0) is 26.5. The molecule has 1 fully saturated rings. The van der Waals surface area contributed by atoms with E-state index in [1.807, 2.05) is 38.6 Å². The number of aromatic nitrogens is 4. The molecule has 2 N–H and O–H groups in total. The zero-order valence-electron chi connectivity index (χ0n) is 22.0. The molecule has 0 aliphatic carbocycles. The summed E-state index contributed by atoms with van der Waals surface area (Å²) in [4.78, 5) is 33.8. The number of hydrogen-bond donors (Lipinski definition) is 2. The summed E-state index contributed by atoms with van der Waals surface area (Å²) in [5.74, 6) is 0.320. The van der Waals surface area contributed by atoms with Gasteiger partial charge in [-0.15, -0.1) is 0 Å². The molecule has 4 aromatic rings. The minimum absolute atomic E-state index is 0.276. The summed E-state index contributed by atoms with van der Waals surface area (Å²) in [6.07, 6.45) is 3.17. The minimum atomic E-state index is -0.556. The third-order valence-corrected chi connectivity index (χ3v) is 6.33. The highest BCUT2D eigenvalue weighted by Gasteiger charge is 2.16. The fourth-order valence-electron chi connectivity index (χ4n) is 4.56. The van der Waals surface area contributed by atoms with Crippen LogP contribution < -0.4 is 5.32 Å². The van der Waals surface area contributed by atoms with Gasteiger partial charge in [-0.2, -0.15) is 0 Å². The van der Waals surface area contributed by atoms with Crippen molar-refractivity contribution in [3.8, 4) is 22.4 Å². The Bertz CT molecular complexity index is 1400. The molecule has 0 atom stereocenters. The second-order valence-corrected chi connectivity index (χ2v) is 9.56. The number of fused-ring (bicyclic) bond motifs is 1. The van der Waals surface area contributed by atoms with Crippen LogP contribution in [-0.4, -0.2) is 82.8 Å². The number of pyridine rings is 2. The second-order valence-electron chi connectivity index (χ2n) is 9.56. The van der Waals surface area contributed by atoms with Gasteiger partial charge in [0.1, 0.15) is 0 Å². The lowest BCUT2D eigenvalue weighted by molar-refractivity contribution is 0.0336. The van der Waals surface area contributed by atoms with Gasteiger partial charge < -0.3 is 19.4 Å². The van der Waals surface area contributed by atoms with Crippen molar-refractivity contribution in [2.45, 2.75) is 20.0 Å². The number of nitrogens with one attached hydrogen (secondary N) is 2. The first-order valence-corrected chi connectivity index (χ1v) is 12.8. The maximum absolute atomic E-state index is 12.0. The molecular formula is C28H33N7O3. The van der Waals surface area contributed by atoms with Gasteiger partial charge in [-0.05, 0) is 62.5 Å². The Balaban J connectivity index is 1.51. The number of H-pyrrole nitrogens is 1. The third kappa shape index (κ3) is 6.16. The minimum Gasteiger partial charge on any atom is -0.450 e. The number of ether oxygens (including phenoxy) is 2. The monoisotopic (exact) mass is 515 g/mol. The number of morpholine rings is 1. The number of anilines is 1. The van der Waals surface area contributed by atoms with Crippen molar-refractivity contribution in [1.29, 1.82) is 0 Å². The average Bonchev–Trinajstić information content (AvgIpc) is 3.31. The molecule has 1 aromatic carbocycles. The van der Waals surface area contributed by atoms with Crippen LogP contribution in [0, 0.1) is 0 Å². The molecule has 10 nitrogen and oxygen atoms in total. The predicted molar refractivity (Wildman–Crippen MR) is 147 cm³/mol. The smallest absolute Gasteiger partial charge is 0.413 e. The van der Waals surface area contributed by atoms with Crippen LogP contribution in [0.5, 0.6) is 0 Å². The molecule has 10 heteroatoms. The molecule has 3 aromatic heterocycles. The van der Waals surface area contributed by atoms with E-state index in [1.54, 1.807) is 6.92 Å². The summed E-state index contributed by atoms with van der Waals surface area (Å²) >= 11 is 0. The van der Waals surface area contributed by atoms with E-state index in [0.29, 0.717) is 11.5 Å². The van der Waals surface area contributed by atoms with Gasteiger partial charge in [-0.3, -0.25) is 20.2 Å². The van der Waals surface area contributed by atoms with Crippen LogP contribution in [0.1, 0.15) is 18.2 Å². The SMILES string of the molecule is CCOC(=O)Nc1nc2c(-c3cc(CN(C)C)ccn3)cc(-c3ccc(CN4CCOCC4)nc3)cc2[nH]1. The number of benzene rings is 1. The fraction of sp³-hybridized carbons (Fsp3) is 0.357. The molecule has 0 spiro atoms. The van der Waals surface area contributed by atoms with Crippen molar-refractivity contribution in [1.82, 2.24) is 29.7 Å². The van der Waals surface area contributed by atoms with Crippen LogP contribution >= 0.6 is 0 Å². The Kier molecular flexibility index (Phi) is 7.92. The molecule has 0 saturated carbocycles. The maximum atomic E-state index is 12.0. The number of nitrogens with zero attached hydrogens (tertiary/aromatic N) is 5. The number of imidazole rings is 1. The Morgan fingerprint density at radius 2 is 1.97 bits per heavy atom. The highest BCUT2D eigenvalue weighted by molar-refractivity contribution is 5.97. The first-order valence-electron chi connectivity index (χ1n) is 12.8. The van der Waals surface area contributed by atoms with E-state index in [4.69, 9.17) is 14.5 Å². The molecule has 1 aliphatic rings. The standard InChI is InChI=1S/C28H33N7O3/c1-4-38-28(36)33-27-31-25-15-21(20-5-6-22(30-16-20)18-35-9-11-37-12-10-35)14-23(26(25)32-27)24-13-19(7-8-29-24)17-34(2)3/h5-8,13-16H,4,9-12,17-18H2,1-3H3,(H2,31,32,33,36). The van der Waals surface area contributed by atoms with Gasteiger partial charge >= 0.3 is 6.09 Å². The average molecular weight is 516 g/mol. The highest BCUT2D eigenvalue weighted by atomic mass is 16.5. The molecular weight excluding hydrogens is 482 g/mol. The summed E-state index contributed by atoms with van der Waals surface area (Å²) in [5, 5.41) is 2.67. The first kappa shape index (κ1) is 25.8. The maximum Gasteiger partial charge on any atom is 0.413 e. The van der Waals surface area contributed by atoms with E-state index in [0.717, 1.165) is 78.6 Å². The Morgan fingerprint density at radius 1 is 1.13 bits per heavy atom. The Morgan fingerprint density at radius 3 is 2.71 bits per heavy atom. The zero-order valence-corrected chi connectivity index (χ0v) is 22.0. The lowest BCUT2D eigenvalue weighted by atomic mass is 10.00. The summed E-state index contributed by atoms with van der Waals surface area (Å²) in [5.41, 5.74) is 7.30. The van der Waals surface area contributed by atoms with Crippen LogP contribution in [0.3, 0.4) is 0 Å². The molecule has 1 amide bonds. The summed E-state index contributed by atoms with van der Waals surface area (Å²) in [7, 11) is 4.07. The van der Waals surface area contributed by atoms with Gasteiger partial charge in [0.25, 0.3) is 0 Å². The van der Waals surface area contributed by atoms with Crippen molar-refractivity contribution in [2.75, 3.05) is 52.3 Å². The Labute approximate surface area is 222 Å². The molecule has 38 heavy (non-hydrogen) atoms. The normalized spacial score (nSPS) is 14.2. The fourth-order valence-corrected chi connectivity index (χ4v) is 4.56. The number of carbonyl (C=O) groups excluding carboxylic acids is 1. The van der Waals surface area contributed by atoms with Crippen molar-refractivity contribution in [2.24, 2.45) is 0 Å². The van der Waals surface area contributed by atoms with E-state index in [1.165, 1.54) is 0 Å². The number of hydrogen-bond acceptors (Lipinski definition) is 8. The van der Waals surface area contributed by atoms with Gasteiger partial charge in [0.2, 0.25) is 5.95 Å². The van der Waals surface area contributed by atoms with E-state index < -0.39 is 6.09 Å². The van der Waals surface area contributed by atoms with Crippen LogP contribution in [0.15, 0.2) is 48.8 Å². The molecule has 5 rings (SSSR count). The van der Waals surface area contributed by atoms with E-state index in [9.17, 15) is 4.79 Å². The van der Waals surface area contributed by atoms with Gasteiger partial charge in [-0.1, -0.05) is 6.07 Å². The quantitative estimate of drug-likeness (QED) is 0.360. The topological polar surface area (TPSA) is 108 Å². The predicted octanol–water partition coefficient (Wildman–Crippen LogP) is 4.15. The molecule has 0 radical (unpaired) electrons.